The van der Waals surface area contributed by atoms with Crippen LogP contribution in [-0.4, -0.2) is 10.0 Å². The summed E-state index contributed by atoms with van der Waals surface area (Å²) in [6.45, 7) is 0. The Morgan fingerprint density at radius 2 is 1.61 bits per heavy atom. The Hall–Kier alpha value is -2.87. The largest absolute Gasteiger partial charge is 0.508 e. The topological polar surface area (TPSA) is 87.2 Å². The zero-order chi connectivity index (χ0) is 13.4. The molecular weight excluding hydrogens is 232 g/mol. The highest BCUT2D eigenvalue weighted by Gasteiger charge is 2.10. The van der Waals surface area contributed by atoms with Gasteiger partial charge >= 0.3 is 0 Å². The van der Waals surface area contributed by atoms with Crippen molar-refractivity contribution >= 4 is 5.69 Å². The van der Waals surface area contributed by atoms with Crippen molar-refractivity contribution in [3.63, 3.8) is 0 Å². The number of phenols is 1. The fourth-order valence-electron chi connectivity index (χ4n) is 1.16. The van der Waals surface area contributed by atoms with Crippen LogP contribution in [-0.2, 0) is 0 Å². The van der Waals surface area contributed by atoms with Crippen LogP contribution in [0.1, 0.15) is 5.56 Å². The molecule has 2 aromatic carbocycles. The second-order valence-electron chi connectivity index (χ2n) is 3.22. The van der Waals surface area contributed by atoms with Gasteiger partial charge in [-0.2, -0.15) is 5.26 Å². The minimum absolute atomic E-state index is 0.0949. The molecule has 5 nitrogen and oxygen atoms in total. The zero-order valence-corrected chi connectivity index (χ0v) is 9.35. The molecule has 0 spiro atoms. The molecule has 0 saturated carbocycles. The molecule has 2 rings (SSSR count). The average Bonchev–Trinajstić information content (AvgIpc) is 2.40. The summed E-state index contributed by atoms with van der Waals surface area (Å²) >= 11 is 0. The lowest BCUT2D eigenvalue weighted by Crippen LogP contribution is -1.90. The Morgan fingerprint density at radius 1 is 1.06 bits per heavy atom. The van der Waals surface area contributed by atoms with Gasteiger partial charge in [0.2, 0.25) is 0 Å². The van der Waals surface area contributed by atoms with Gasteiger partial charge < -0.3 is 5.11 Å². The SMILES string of the molecule is N#Cc1ccccc1[N+](=O)[O-].Oc1ccccc1. The maximum Gasteiger partial charge on any atom is 0.287 e. The summed E-state index contributed by atoms with van der Waals surface area (Å²) in [6, 6.07) is 16.3. The van der Waals surface area contributed by atoms with Crippen molar-refractivity contribution in [2.24, 2.45) is 0 Å². The number of benzene rings is 2. The lowest BCUT2D eigenvalue weighted by atomic mass is 10.2. The molecule has 0 amide bonds. The number of rotatable bonds is 1. The predicted octanol–water partition coefficient (Wildman–Crippen LogP) is 2.86. The molecule has 0 radical (unpaired) electrons. The number of nitro groups is 1. The van der Waals surface area contributed by atoms with E-state index in [2.05, 4.69) is 0 Å². The highest BCUT2D eigenvalue weighted by atomic mass is 16.6. The Morgan fingerprint density at radius 3 is 2.00 bits per heavy atom. The Balaban J connectivity index is 0.000000199. The molecule has 0 aromatic heterocycles. The first-order chi connectivity index (χ1) is 8.65. The second kappa shape index (κ2) is 6.66. The number of nitriles is 1. The minimum atomic E-state index is -0.571. The highest BCUT2D eigenvalue weighted by molar-refractivity contribution is 5.47. The van der Waals surface area contributed by atoms with Gasteiger partial charge in [-0.3, -0.25) is 10.1 Å². The summed E-state index contributed by atoms with van der Waals surface area (Å²) in [5.41, 5.74) is -0.0486. The number of nitrogens with zero attached hydrogens (tertiary/aromatic N) is 2. The lowest BCUT2D eigenvalue weighted by Gasteiger charge is -1.90. The first kappa shape index (κ1) is 13.2. The Labute approximate surface area is 104 Å². The Kier molecular flexibility index (Phi) is 4.88. The van der Waals surface area contributed by atoms with Crippen LogP contribution < -0.4 is 0 Å². The van der Waals surface area contributed by atoms with E-state index >= 15 is 0 Å². The average molecular weight is 242 g/mol. The van der Waals surface area contributed by atoms with Crippen molar-refractivity contribution in [1.82, 2.24) is 0 Å². The van der Waals surface area contributed by atoms with Crippen molar-refractivity contribution in [3.8, 4) is 11.8 Å². The quantitative estimate of drug-likeness (QED) is 0.615. The molecule has 0 aliphatic carbocycles. The summed E-state index contributed by atoms with van der Waals surface area (Å²) in [4.78, 5) is 9.66. The standard InChI is InChI=1S/C7H4N2O2.C6H6O/c8-5-6-3-1-2-4-7(6)9(10)11;7-6-4-2-1-3-5-6/h1-4H;1-5,7H. The number of phenolic OH excluding ortho intramolecular Hbond substituents is 1. The second-order valence-corrected chi connectivity index (χ2v) is 3.22. The van der Waals surface area contributed by atoms with E-state index in [9.17, 15) is 10.1 Å². The summed E-state index contributed by atoms with van der Waals surface area (Å²) in [5.74, 6) is 0.322. The van der Waals surface area contributed by atoms with Crippen LogP contribution in [0.15, 0.2) is 54.6 Å². The fraction of sp³-hybridized carbons (Fsp3) is 0. The number of aromatic hydroxyl groups is 1. The maximum absolute atomic E-state index is 10.2. The van der Waals surface area contributed by atoms with Crippen LogP contribution in [0.25, 0.3) is 0 Å². The van der Waals surface area contributed by atoms with Crippen molar-refractivity contribution in [2.75, 3.05) is 0 Å². The van der Waals surface area contributed by atoms with Gasteiger partial charge in [0, 0.05) is 6.07 Å². The molecule has 0 unspecified atom stereocenters. The van der Waals surface area contributed by atoms with E-state index in [1.54, 1.807) is 36.4 Å². The van der Waals surface area contributed by atoms with E-state index < -0.39 is 4.92 Å². The molecule has 5 heteroatoms. The van der Waals surface area contributed by atoms with Crippen LogP contribution in [0.5, 0.6) is 5.75 Å². The van der Waals surface area contributed by atoms with Crippen LogP contribution in [0.4, 0.5) is 5.69 Å². The van der Waals surface area contributed by atoms with Crippen LogP contribution >= 0.6 is 0 Å². The number of hydrogen-bond acceptors (Lipinski definition) is 4. The third-order valence-electron chi connectivity index (χ3n) is 1.98. The van der Waals surface area contributed by atoms with Crippen LogP contribution in [0.2, 0.25) is 0 Å². The van der Waals surface area contributed by atoms with Gasteiger partial charge in [0.05, 0.1) is 4.92 Å². The van der Waals surface area contributed by atoms with E-state index in [-0.39, 0.29) is 11.3 Å². The third kappa shape index (κ3) is 3.94. The van der Waals surface area contributed by atoms with Gasteiger partial charge in [0.25, 0.3) is 5.69 Å². The highest BCUT2D eigenvalue weighted by Crippen LogP contribution is 2.15. The molecule has 2 aromatic rings. The first-order valence-electron chi connectivity index (χ1n) is 5.02. The minimum Gasteiger partial charge on any atom is -0.508 e. The van der Waals surface area contributed by atoms with E-state index in [0.717, 1.165) is 0 Å². The van der Waals surface area contributed by atoms with Crippen LogP contribution in [0.3, 0.4) is 0 Å². The van der Waals surface area contributed by atoms with Gasteiger partial charge in [0.1, 0.15) is 17.4 Å². The van der Waals surface area contributed by atoms with E-state index in [4.69, 9.17) is 10.4 Å². The summed E-state index contributed by atoms with van der Waals surface area (Å²) in [7, 11) is 0. The molecule has 0 saturated heterocycles. The smallest absolute Gasteiger partial charge is 0.287 e. The Bertz CT molecular complexity index is 562. The van der Waals surface area contributed by atoms with E-state index in [0.29, 0.717) is 5.75 Å². The van der Waals surface area contributed by atoms with Gasteiger partial charge in [0.15, 0.2) is 0 Å². The number of para-hydroxylation sites is 2. The van der Waals surface area contributed by atoms with Gasteiger partial charge in [-0.15, -0.1) is 0 Å². The molecule has 0 heterocycles. The molecule has 0 aliphatic rings. The molecule has 18 heavy (non-hydrogen) atoms. The molecule has 90 valence electrons. The van der Waals surface area contributed by atoms with Gasteiger partial charge in [-0.05, 0) is 18.2 Å². The van der Waals surface area contributed by atoms with Crippen LogP contribution in [0, 0.1) is 21.4 Å². The molecule has 1 N–H and O–H groups in total. The third-order valence-corrected chi connectivity index (χ3v) is 1.98. The van der Waals surface area contributed by atoms with E-state index in [1.165, 1.54) is 18.2 Å². The van der Waals surface area contributed by atoms with Crippen molar-refractivity contribution in [1.29, 1.82) is 5.26 Å². The van der Waals surface area contributed by atoms with E-state index in [1.807, 2.05) is 6.07 Å². The lowest BCUT2D eigenvalue weighted by molar-refractivity contribution is -0.385. The maximum atomic E-state index is 10.2. The van der Waals surface area contributed by atoms with Gasteiger partial charge in [-0.1, -0.05) is 30.3 Å². The number of hydrogen-bond donors (Lipinski definition) is 1. The normalized spacial score (nSPS) is 8.61. The molecule has 0 aliphatic heterocycles. The fourth-order valence-corrected chi connectivity index (χ4v) is 1.16. The summed E-state index contributed by atoms with van der Waals surface area (Å²) in [6.07, 6.45) is 0. The summed E-state index contributed by atoms with van der Waals surface area (Å²) in [5, 5.41) is 27.3. The number of nitro benzene ring substituents is 1. The van der Waals surface area contributed by atoms with Crippen molar-refractivity contribution in [3.05, 3.63) is 70.3 Å². The molecule has 0 bridgehead atoms. The van der Waals surface area contributed by atoms with Gasteiger partial charge in [-0.25, -0.2) is 0 Å². The van der Waals surface area contributed by atoms with Crippen molar-refractivity contribution < 1.29 is 10.0 Å². The molecular formula is C13H10N2O3. The molecule has 0 atom stereocenters. The molecule has 0 fully saturated rings. The first-order valence-corrected chi connectivity index (χ1v) is 5.02. The van der Waals surface area contributed by atoms with Crippen molar-refractivity contribution in [2.45, 2.75) is 0 Å². The zero-order valence-electron chi connectivity index (χ0n) is 9.35. The predicted molar refractivity (Wildman–Crippen MR) is 65.9 cm³/mol. The summed E-state index contributed by atoms with van der Waals surface area (Å²) < 4.78 is 0. The monoisotopic (exact) mass is 242 g/mol.